The maximum absolute atomic E-state index is 10.0. The molecule has 0 amide bonds. The van der Waals surface area contributed by atoms with Crippen LogP contribution in [-0.4, -0.2) is 59.7 Å². The molecule has 5 aromatic carbocycles. The minimum Gasteiger partial charge on any atom is -0.460 e. The zero-order valence-electron chi connectivity index (χ0n) is 36.0. The van der Waals surface area contributed by atoms with Gasteiger partial charge in [-0.3, -0.25) is 0 Å². The number of benzene rings is 5. The fourth-order valence-corrected chi connectivity index (χ4v) is 11.6. The van der Waals surface area contributed by atoms with E-state index in [9.17, 15) is 10.2 Å². The van der Waals surface area contributed by atoms with E-state index in [2.05, 4.69) is 104 Å². The lowest BCUT2D eigenvalue weighted by atomic mass is 9.56. The molecule has 5 aromatic rings. The van der Waals surface area contributed by atoms with Gasteiger partial charge in [0, 0.05) is 42.4 Å². The zero-order valence-corrected chi connectivity index (χ0v) is 36.8. The molecule has 0 radical (unpaired) electrons. The molecule has 2 fully saturated rings. The molecule has 63 heavy (non-hydrogen) atoms. The Morgan fingerprint density at radius 3 is 2.33 bits per heavy atom. The highest BCUT2D eigenvalue weighted by Gasteiger charge is 2.64. The predicted octanol–water partition coefficient (Wildman–Crippen LogP) is 12.3. The molecule has 1 saturated carbocycles. The first-order valence-electron chi connectivity index (χ1n) is 22.9. The summed E-state index contributed by atoms with van der Waals surface area (Å²) in [6.45, 7) is 5.37. The van der Waals surface area contributed by atoms with Gasteiger partial charge in [-0.15, -0.1) is 18.3 Å². The minimum atomic E-state index is -1.10. The van der Waals surface area contributed by atoms with E-state index < -0.39 is 12.1 Å². The summed E-state index contributed by atoms with van der Waals surface area (Å²) in [6.07, 6.45) is 12.3. The fraction of sp³-hybridized carbons (Fsp3) is 0.389. The number of allylic oxidation sites excluding steroid dienone is 1. The average Bonchev–Trinajstić information content (AvgIpc) is 3.33. The number of hydrogen-bond donors (Lipinski definition) is 2. The van der Waals surface area contributed by atoms with E-state index >= 15 is 0 Å². The van der Waals surface area contributed by atoms with Crippen LogP contribution in [0.2, 0.25) is 0 Å². The van der Waals surface area contributed by atoms with Crippen molar-refractivity contribution in [1.82, 2.24) is 0 Å². The van der Waals surface area contributed by atoms with Gasteiger partial charge in [0.2, 0.25) is 12.1 Å². The Morgan fingerprint density at radius 1 is 0.794 bits per heavy atom. The molecule has 4 aliphatic rings. The molecule has 0 spiro atoms. The van der Waals surface area contributed by atoms with Crippen molar-refractivity contribution in [2.45, 2.75) is 92.3 Å². The van der Waals surface area contributed by atoms with Gasteiger partial charge in [-0.1, -0.05) is 103 Å². The molecule has 2 aliphatic carbocycles. The van der Waals surface area contributed by atoms with Crippen molar-refractivity contribution in [3.05, 3.63) is 145 Å². The topological polar surface area (TPSA) is 99.0 Å². The Morgan fingerprint density at radius 2 is 1.56 bits per heavy atom. The summed E-state index contributed by atoms with van der Waals surface area (Å²) in [7, 11) is 0. The highest BCUT2D eigenvalue weighted by Crippen LogP contribution is 2.63. The summed E-state index contributed by atoms with van der Waals surface area (Å²) >= 11 is 1.77. The Hall–Kier alpha value is -4.90. The van der Waals surface area contributed by atoms with Crippen molar-refractivity contribution < 1.29 is 34.0 Å². The van der Waals surface area contributed by atoms with Gasteiger partial charge in [0.1, 0.15) is 17.2 Å². The molecule has 9 heteroatoms. The summed E-state index contributed by atoms with van der Waals surface area (Å²) < 4.78 is 27.4. The van der Waals surface area contributed by atoms with Gasteiger partial charge >= 0.3 is 0 Å². The highest BCUT2D eigenvalue weighted by molar-refractivity contribution is 8.00. The molecular weight excluding hydrogens is 807 g/mol. The number of nitrogens with zero attached hydrogens (tertiary/aromatic N) is 1. The number of aliphatic hydroxyl groups is 2. The van der Waals surface area contributed by atoms with E-state index in [-0.39, 0.29) is 42.1 Å². The van der Waals surface area contributed by atoms with Gasteiger partial charge in [-0.25, -0.2) is 0 Å². The van der Waals surface area contributed by atoms with Crippen LogP contribution in [0.15, 0.2) is 150 Å². The maximum atomic E-state index is 10.0. The molecule has 8 nitrogen and oxygen atoms in total. The van der Waals surface area contributed by atoms with Crippen molar-refractivity contribution in [3.63, 3.8) is 0 Å². The van der Waals surface area contributed by atoms with Crippen LogP contribution in [0.1, 0.15) is 75.7 Å². The number of ether oxygens (including phenoxy) is 4. The van der Waals surface area contributed by atoms with E-state index in [0.29, 0.717) is 19.6 Å². The molecule has 2 aliphatic heterocycles. The normalized spacial score (nSPS) is 25.7. The average molecular weight is 866 g/mol. The molecule has 2 N–H and O–H groups in total. The van der Waals surface area contributed by atoms with Crippen LogP contribution in [-0.2, 0) is 14.3 Å². The van der Waals surface area contributed by atoms with Crippen molar-refractivity contribution in [2.75, 3.05) is 26.4 Å². The number of unbranched alkanes of at least 4 members (excludes halogenated alkanes) is 2. The lowest BCUT2D eigenvalue weighted by molar-refractivity contribution is -0.223. The van der Waals surface area contributed by atoms with E-state index in [4.69, 9.17) is 28.9 Å². The molecule has 328 valence electrons. The molecule has 7 atom stereocenters. The number of hydrogen-bond acceptors (Lipinski definition) is 9. The van der Waals surface area contributed by atoms with Crippen LogP contribution >= 0.6 is 11.8 Å². The summed E-state index contributed by atoms with van der Waals surface area (Å²) in [5, 5.41) is 27.2. The van der Waals surface area contributed by atoms with Gasteiger partial charge < -0.3 is 34.0 Å². The number of fused-ring (bicyclic) bond motifs is 3. The second-order valence-corrected chi connectivity index (χ2v) is 18.5. The van der Waals surface area contributed by atoms with E-state index in [1.807, 2.05) is 30.3 Å². The Bertz CT molecular complexity index is 2380. The monoisotopic (exact) mass is 865 g/mol. The summed E-state index contributed by atoms with van der Waals surface area (Å²) in [5.41, 5.74) is 5.35. The van der Waals surface area contributed by atoms with Gasteiger partial charge in [0.05, 0.1) is 30.1 Å². The van der Waals surface area contributed by atoms with Crippen molar-refractivity contribution >= 4 is 28.2 Å². The van der Waals surface area contributed by atoms with Crippen molar-refractivity contribution in [3.8, 4) is 28.4 Å². The third kappa shape index (κ3) is 9.50. The zero-order chi connectivity index (χ0) is 43.0. The fourth-order valence-electron chi connectivity index (χ4n) is 10.3. The van der Waals surface area contributed by atoms with Crippen molar-refractivity contribution in [2.24, 2.45) is 22.9 Å². The molecule has 2 heterocycles. The first kappa shape index (κ1) is 43.4. The number of aliphatic hydroxyl groups excluding tert-OH is 2. The standard InChI is InChI=1S/C54H59NO7S/c1-2-31-59-54-50(63-44-27-23-38-16-6-7-17-40(38)33-44)36-48(55-62-51-20-10-13-32-58-51)46-34-41(18-8-11-29-56)45(19-9-12-30-57)52(53(46)54)47-35-43(26-28-49(47)61-54)60-42-24-21-39(22-25-42)37-14-4-3-5-15-37/h2-7,14-17,21-28,33-35,41,45,50-53,56-57H,1,8-13,18-20,29-32,36H2/t41-,45+,50-,51?,52+,53+,54+/m0/s1. The summed E-state index contributed by atoms with van der Waals surface area (Å²) in [4.78, 5) is 7.45. The first-order chi connectivity index (χ1) is 31.1. The van der Waals surface area contributed by atoms with Gasteiger partial charge in [0.15, 0.2) is 0 Å². The lowest BCUT2D eigenvalue weighted by Gasteiger charge is -2.58. The summed E-state index contributed by atoms with van der Waals surface area (Å²) in [5.74, 6) is 1.19. The molecule has 0 aromatic heterocycles. The number of thioether (sulfide) groups is 1. The van der Waals surface area contributed by atoms with Gasteiger partial charge in [0.25, 0.3) is 0 Å². The molecule has 1 unspecified atom stereocenters. The smallest absolute Gasteiger partial charge is 0.231 e. The van der Waals surface area contributed by atoms with Crippen LogP contribution in [0.5, 0.6) is 17.2 Å². The van der Waals surface area contributed by atoms with Gasteiger partial charge in [-0.05, 0) is 120 Å². The van der Waals surface area contributed by atoms with E-state index in [1.165, 1.54) is 10.8 Å². The van der Waals surface area contributed by atoms with Gasteiger partial charge in [-0.2, -0.15) is 0 Å². The van der Waals surface area contributed by atoms with E-state index in [1.54, 1.807) is 11.8 Å². The van der Waals surface area contributed by atoms with Crippen LogP contribution in [0.3, 0.4) is 0 Å². The van der Waals surface area contributed by atoms with Crippen LogP contribution in [0.25, 0.3) is 21.9 Å². The Labute approximate surface area is 375 Å². The molecular formula is C54H59NO7S. The SMILES string of the molecule is C=CCO[C@@]12Oc3ccc(Oc4ccc(-c5ccccc5)cc4)cc3[C@H]3[C@H](CCCCO)[C@@H](CCCCO)C=C(C(=NOC4CCCCO4)C[C@@H]1Sc1ccc4ccccc4c1)[C@H]32. The largest absolute Gasteiger partial charge is 0.460 e. The van der Waals surface area contributed by atoms with Crippen LogP contribution < -0.4 is 9.47 Å². The minimum absolute atomic E-state index is 0.0588. The lowest BCUT2D eigenvalue weighted by Crippen LogP contribution is -2.64. The number of oxime groups is 1. The molecule has 9 rings (SSSR count). The Balaban J connectivity index is 1.17. The second kappa shape index (κ2) is 20.3. The molecule has 0 bridgehead atoms. The van der Waals surface area contributed by atoms with Crippen LogP contribution in [0, 0.1) is 17.8 Å². The van der Waals surface area contributed by atoms with Crippen molar-refractivity contribution in [1.29, 1.82) is 0 Å². The molecule has 1 saturated heterocycles. The van der Waals surface area contributed by atoms with Crippen LogP contribution in [0.4, 0.5) is 0 Å². The first-order valence-corrected chi connectivity index (χ1v) is 23.8. The Kier molecular flexibility index (Phi) is 14.0. The quantitative estimate of drug-likeness (QED) is 0.0510. The maximum Gasteiger partial charge on any atom is 0.231 e. The summed E-state index contributed by atoms with van der Waals surface area (Å²) in [6, 6.07) is 39.9. The highest BCUT2D eigenvalue weighted by atomic mass is 32.2. The second-order valence-electron chi connectivity index (χ2n) is 17.3. The predicted molar refractivity (Wildman–Crippen MR) is 251 cm³/mol. The third-order valence-corrected chi connectivity index (χ3v) is 14.5. The third-order valence-electron chi connectivity index (χ3n) is 13.2. The number of rotatable bonds is 18. The van der Waals surface area contributed by atoms with E-state index in [0.717, 1.165) is 108 Å².